The summed E-state index contributed by atoms with van der Waals surface area (Å²) in [4.78, 5) is 21.8. The van der Waals surface area contributed by atoms with E-state index in [1.54, 1.807) is 0 Å². The van der Waals surface area contributed by atoms with Gasteiger partial charge in [-0.2, -0.15) is 0 Å². The number of piperidine rings is 1. The summed E-state index contributed by atoms with van der Waals surface area (Å²) in [5.41, 5.74) is 4.37. The Morgan fingerprint density at radius 3 is 2.76 bits per heavy atom. The smallest absolute Gasteiger partial charge is 0.224 e. The van der Waals surface area contributed by atoms with Crippen molar-refractivity contribution in [1.29, 1.82) is 0 Å². The normalized spacial score (nSPS) is 23.2. The lowest BCUT2D eigenvalue weighted by atomic mass is 9.94. The van der Waals surface area contributed by atoms with E-state index in [0.717, 1.165) is 49.5 Å². The molecule has 2 atom stereocenters. The van der Waals surface area contributed by atoms with E-state index >= 15 is 0 Å². The second-order valence-corrected chi connectivity index (χ2v) is 8.45. The fraction of sp³-hybridized carbons (Fsp3) is 0.417. The third-order valence-electron chi connectivity index (χ3n) is 6.38. The number of hydrogen-bond donors (Lipinski definition) is 0. The van der Waals surface area contributed by atoms with Crippen LogP contribution in [0.3, 0.4) is 0 Å². The van der Waals surface area contributed by atoms with Crippen LogP contribution in [0.1, 0.15) is 48.1 Å². The molecule has 5 nitrogen and oxygen atoms in total. The van der Waals surface area contributed by atoms with E-state index < -0.39 is 0 Å². The number of amides is 1. The lowest BCUT2D eigenvalue weighted by Crippen LogP contribution is -2.43. The highest BCUT2D eigenvalue weighted by atomic mass is 16.3. The van der Waals surface area contributed by atoms with Crippen LogP contribution in [0.2, 0.25) is 0 Å². The van der Waals surface area contributed by atoms with Crippen molar-refractivity contribution in [1.82, 2.24) is 14.8 Å². The summed E-state index contributed by atoms with van der Waals surface area (Å²) in [7, 11) is 0. The van der Waals surface area contributed by atoms with E-state index in [1.165, 1.54) is 11.1 Å². The van der Waals surface area contributed by atoms with Crippen molar-refractivity contribution in [2.45, 2.75) is 38.0 Å². The molecule has 0 spiro atoms. The highest BCUT2D eigenvalue weighted by molar-refractivity contribution is 5.79. The van der Waals surface area contributed by atoms with E-state index in [9.17, 15) is 4.79 Å². The molecule has 0 N–H and O–H groups in total. The molecule has 0 aliphatic carbocycles. The average Bonchev–Trinajstić information content (AvgIpc) is 3.32. The van der Waals surface area contributed by atoms with Crippen molar-refractivity contribution in [3.63, 3.8) is 0 Å². The summed E-state index contributed by atoms with van der Waals surface area (Å²) in [6.45, 7) is 5.57. The fourth-order valence-corrected chi connectivity index (χ4v) is 4.85. The summed E-state index contributed by atoms with van der Waals surface area (Å²) in [5, 5.41) is 0. The van der Waals surface area contributed by atoms with Gasteiger partial charge in [-0.1, -0.05) is 36.4 Å². The number of aryl methyl sites for hydroxylation is 1. The van der Waals surface area contributed by atoms with Gasteiger partial charge >= 0.3 is 0 Å². The first-order chi connectivity index (χ1) is 14.2. The Morgan fingerprint density at radius 2 is 1.90 bits per heavy atom. The van der Waals surface area contributed by atoms with Crippen LogP contribution in [0.15, 0.2) is 52.9 Å². The maximum atomic E-state index is 12.7. The standard InChI is InChI=1S/C24H27N3O2/c1-17-7-2-3-9-20(17)19-13-23(28)27(15-19)16-26-12-6-8-18(14-26)24-25-21-10-4-5-11-22(21)29-24/h2-5,7,9-11,18-19H,6,8,12-16H2,1H3/t18-,19+/m1/s1. The zero-order chi connectivity index (χ0) is 19.8. The third-order valence-corrected chi connectivity index (χ3v) is 6.38. The molecule has 5 rings (SSSR count). The number of carbonyl (C=O) groups excluding carboxylic acids is 1. The van der Waals surface area contributed by atoms with E-state index in [-0.39, 0.29) is 5.91 Å². The quantitative estimate of drug-likeness (QED) is 0.668. The van der Waals surface area contributed by atoms with Crippen molar-refractivity contribution < 1.29 is 9.21 Å². The van der Waals surface area contributed by atoms with E-state index in [1.807, 2.05) is 29.2 Å². The Morgan fingerprint density at radius 1 is 1.07 bits per heavy atom. The molecule has 150 valence electrons. The van der Waals surface area contributed by atoms with Gasteiger partial charge < -0.3 is 9.32 Å². The van der Waals surface area contributed by atoms with Crippen molar-refractivity contribution in [2.75, 3.05) is 26.3 Å². The lowest BCUT2D eigenvalue weighted by molar-refractivity contribution is -0.129. The summed E-state index contributed by atoms with van der Waals surface area (Å²) in [6.07, 6.45) is 2.81. The maximum absolute atomic E-state index is 12.7. The molecule has 2 aliphatic heterocycles. The Bertz CT molecular complexity index is 995. The van der Waals surface area contributed by atoms with Crippen molar-refractivity contribution in [2.24, 2.45) is 0 Å². The molecule has 29 heavy (non-hydrogen) atoms. The molecule has 3 aromatic rings. The minimum Gasteiger partial charge on any atom is -0.440 e. The maximum Gasteiger partial charge on any atom is 0.224 e. The molecule has 2 aliphatic rings. The van der Waals surface area contributed by atoms with E-state index in [2.05, 4.69) is 36.1 Å². The summed E-state index contributed by atoms with van der Waals surface area (Å²) in [5.74, 6) is 1.70. The molecular weight excluding hydrogens is 362 g/mol. The van der Waals surface area contributed by atoms with Crippen LogP contribution in [-0.4, -0.2) is 47.0 Å². The van der Waals surface area contributed by atoms with Crippen LogP contribution in [0.25, 0.3) is 11.1 Å². The van der Waals surface area contributed by atoms with Crippen LogP contribution >= 0.6 is 0 Å². The van der Waals surface area contributed by atoms with Crippen LogP contribution in [-0.2, 0) is 4.79 Å². The summed E-state index contributed by atoms with van der Waals surface area (Å²) >= 11 is 0. The van der Waals surface area contributed by atoms with Crippen LogP contribution in [0.5, 0.6) is 0 Å². The topological polar surface area (TPSA) is 49.6 Å². The third kappa shape index (κ3) is 3.67. The van der Waals surface area contributed by atoms with Crippen LogP contribution in [0, 0.1) is 6.92 Å². The van der Waals surface area contributed by atoms with Crippen molar-refractivity contribution in [3.8, 4) is 0 Å². The second kappa shape index (κ2) is 7.64. The number of rotatable bonds is 4. The largest absolute Gasteiger partial charge is 0.440 e. The Labute approximate surface area is 171 Å². The molecule has 2 fully saturated rings. The molecule has 2 saturated heterocycles. The molecular formula is C24H27N3O2. The molecule has 0 saturated carbocycles. The molecule has 5 heteroatoms. The van der Waals surface area contributed by atoms with Gasteiger partial charge in [-0.3, -0.25) is 9.69 Å². The average molecular weight is 389 g/mol. The molecule has 0 unspecified atom stereocenters. The predicted octanol–water partition coefficient (Wildman–Crippen LogP) is 4.29. The van der Waals surface area contributed by atoms with Gasteiger partial charge in [-0.05, 0) is 49.6 Å². The number of benzene rings is 2. The van der Waals surface area contributed by atoms with Gasteiger partial charge in [0.2, 0.25) is 5.91 Å². The predicted molar refractivity (Wildman–Crippen MR) is 113 cm³/mol. The first-order valence-corrected chi connectivity index (χ1v) is 10.6. The highest BCUT2D eigenvalue weighted by Gasteiger charge is 2.34. The zero-order valence-corrected chi connectivity index (χ0v) is 16.9. The number of fused-ring (bicyclic) bond motifs is 1. The van der Waals surface area contributed by atoms with E-state index in [4.69, 9.17) is 9.40 Å². The summed E-state index contributed by atoms with van der Waals surface area (Å²) < 4.78 is 6.02. The van der Waals surface area contributed by atoms with Gasteiger partial charge in [-0.25, -0.2) is 4.98 Å². The molecule has 1 amide bonds. The van der Waals surface area contributed by atoms with Crippen LogP contribution in [0.4, 0.5) is 0 Å². The molecule has 1 aromatic heterocycles. The monoisotopic (exact) mass is 389 g/mol. The second-order valence-electron chi connectivity index (χ2n) is 8.45. The van der Waals surface area contributed by atoms with Gasteiger partial charge in [0.15, 0.2) is 11.5 Å². The molecule has 0 radical (unpaired) electrons. The minimum atomic E-state index is 0.266. The Hall–Kier alpha value is -2.66. The van der Waals surface area contributed by atoms with Gasteiger partial charge in [0.25, 0.3) is 0 Å². The van der Waals surface area contributed by atoms with Gasteiger partial charge in [-0.15, -0.1) is 0 Å². The van der Waals surface area contributed by atoms with Gasteiger partial charge in [0.05, 0.1) is 6.67 Å². The number of carbonyl (C=O) groups is 1. The number of aromatic nitrogens is 1. The lowest BCUT2D eigenvalue weighted by Gasteiger charge is -2.34. The Balaban J connectivity index is 1.26. The number of nitrogens with zero attached hydrogens (tertiary/aromatic N) is 3. The van der Waals surface area contributed by atoms with Crippen LogP contribution < -0.4 is 0 Å². The molecule has 0 bridgehead atoms. The first kappa shape index (κ1) is 18.4. The Kier molecular flexibility index (Phi) is 4.84. The van der Waals surface area contributed by atoms with E-state index in [0.29, 0.717) is 24.9 Å². The number of oxazole rings is 1. The first-order valence-electron chi connectivity index (χ1n) is 10.6. The van der Waals surface area contributed by atoms with Gasteiger partial charge in [0.1, 0.15) is 5.52 Å². The van der Waals surface area contributed by atoms with Gasteiger partial charge in [0, 0.05) is 31.3 Å². The SMILES string of the molecule is Cc1ccccc1[C@H]1CC(=O)N(CN2CCC[C@@H](c3nc4ccccc4o3)C2)C1. The number of hydrogen-bond acceptors (Lipinski definition) is 4. The number of para-hydroxylation sites is 2. The minimum absolute atomic E-state index is 0.266. The van der Waals surface area contributed by atoms with Crippen molar-refractivity contribution in [3.05, 3.63) is 65.5 Å². The number of likely N-dealkylation sites (tertiary alicyclic amines) is 2. The molecule has 3 heterocycles. The summed E-state index contributed by atoms with van der Waals surface area (Å²) in [6, 6.07) is 16.4. The highest BCUT2D eigenvalue weighted by Crippen LogP contribution is 2.32. The molecule has 2 aromatic carbocycles. The van der Waals surface area contributed by atoms with Crippen molar-refractivity contribution >= 4 is 17.0 Å². The zero-order valence-electron chi connectivity index (χ0n) is 16.9. The fourth-order valence-electron chi connectivity index (χ4n) is 4.85.